The van der Waals surface area contributed by atoms with Crippen molar-refractivity contribution in [3.05, 3.63) is 0 Å². The second-order valence-electron chi connectivity index (χ2n) is 6.02. The minimum Gasteiger partial charge on any atom is -0.338 e. The Morgan fingerprint density at radius 1 is 1.16 bits per heavy atom. The molecule has 0 aromatic heterocycles. The van der Waals surface area contributed by atoms with E-state index in [4.69, 9.17) is 5.73 Å². The van der Waals surface area contributed by atoms with Gasteiger partial charge in [-0.2, -0.15) is 0 Å². The lowest BCUT2D eigenvalue weighted by Crippen LogP contribution is -2.55. The number of hydrogen-bond acceptors (Lipinski definition) is 3. The van der Waals surface area contributed by atoms with Crippen LogP contribution in [0.4, 0.5) is 0 Å². The third-order valence-corrected chi connectivity index (χ3v) is 4.91. The second-order valence-corrected chi connectivity index (χ2v) is 6.02. The van der Waals surface area contributed by atoms with Crippen LogP contribution in [0, 0.1) is 0 Å². The molecule has 2 aliphatic rings. The first-order valence-corrected chi connectivity index (χ1v) is 7.97. The quantitative estimate of drug-likeness (QED) is 0.841. The lowest BCUT2D eigenvalue weighted by atomic mass is 9.96. The predicted molar refractivity (Wildman–Crippen MR) is 77.9 cm³/mol. The SMILES string of the molecule is CCC(CC)N1CCC(N2CCCC(N)C2=O)CC1. The maximum atomic E-state index is 12.1. The molecule has 0 bridgehead atoms. The molecule has 0 radical (unpaired) electrons. The monoisotopic (exact) mass is 267 g/mol. The molecule has 19 heavy (non-hydrogen) atoms. The third-order valence-electron chi connectivity index (χ3n) is 4.91. The van der Waals surface area contributed by atoms with E-state index >= 15 is 0 Å². The van der Waals surface area contributed by atoms with Crippen LogP contribution in [0.3, 0.4) is 0 Å². The molecule has 1 amide bonds. The van der Waals surface area contributed by atoms with Crippen molar-refractivity contribution in [3.63, 3.8) is 0 Å². The Kier molecular flexibility index (Phi) is 5.22. The molecule has 4 heteroatoms. The summed E-state index contributed by atoms with van der Waals surface area (Å²) in [6.07, 6.45) is 6.63. The van der Waals surface area contributed by atoms with Crippen molar-refractivity contribution < 1.29 is 4.79 Å². The largest absolute Gasteiger partial charge is 0.338 e. The van der Waals surface area contributed by atoms with Gasteiger partial charge in [-0.1, -0.05) is 13.8 Å². The van der Waals surface area contributed by atoms with Crippen LogP contribution in [-0.4, -0.2) is 53.5 Å². The molecule has 2 saturated heterocycles. The zero-order chi connectivity index (χ0) is 13.8. The molecule has 4 nitrogen and oxygen atoms in total. The van der Waals surface area contributed by atoms with E-state index in [1.54, 1.807) is 0 Å². The van der Waals surface area contributed by atoms with Gasteiger partial charge in [-0.15, -0.1) is 0 Å². The van der Waals surface area contributed by atoms with Gasteiger partial charge in [0.25, 0.3) is 0 Å². The Morgan fingerprint density at radius 2 is 1.79 bits per heavy atom. The van der Waals surface area contributed by atoms with Gasteiger partial charge in [-0.25, -0.2) is 0 Å². The Hall–Kier alpha value is -0.610. The molecule has 0 spiro atoms. The minimum atomic E-state index is -0.245. The minimum absolute atomic E-state index is 0.187. The van der Waals surface area contributed by atoms with Crippen molar-refractivity contribution in [2.24, 2.45) is 5.73 Å². The van der Waals surface area contributed by atoms with E-state index in [2.05, 4.69) is 23.6 Å². The summed E-state index contributed by atoms with van der Waals surface area (Å²) < 4.78 is 0. The average Bonchev–Trinajstić information content (AvgIpc) is 2.44. The molecule has 0 aliphatic carbocycles. The third kappa shape index (κ3) is 3.29. The highest BCUT2D eigenvalue weighted by Gasteiger charge is 2.33. The van der Waals surface area contributed by atoms with Crippen molar-refractivity contribution in [3.8, 4) is 0 Å². The Balaban J connectivity index is 1.87. The fraction of sp³-hybridized carbons (Fsp3) is 0.933. The molecule has 2 N–H and O–H groups in total. The molecule has 2 heterocycles. The number of amides is 1. The summed E-state index contributed by atoms with van der Waals surface area (Å²) in [5, 5.41) is 0. The van der Waals surface area contributed by atoms with Crippen molar-refractivity contribution in [2.45, 2.75) is 70.5 Å². The Labute approximate surface area is 117 Å². The normalized spacial score (nSPS) is 27.3. The molecule has 0 saturated carbocycles. The number of carbonyl (C=O) groups is 1. The van der Waals surface area contributed by atoms with Crippen molar-refractivity contribution in [1.82, 2.24) is 9.80 Å². The number of nitrogens with two attached hydrogens (primary N) is 1. The fourth-order valence-electron chi connectivity index (χ4n) is 3.66. The van der Waals surface area contributed by atoms with Gasteiger partial charge in [0.15, 0.2) is 0 Å². The van der Waals surface area contributed by atoms with Crippen LogP contribution in [0.15, 0.2) is 0 Å². The van der Waals surface area contributed by atoms with Gasteiger partial charge in [-0.05, 0) is 38.5 Å². The van der Waals surface area contributed by atoms with E-state index < -0.39 is 0 Å². The summed E-state index contributed by atoms with van der Waals surface area (Å²) in [6.45, 7) is 7.73. The number of carbonyl (C=O) groups excluding carboxylic acids is 1. The number of rotatable bonds is 4. The van der Waals surface area contributed by atoms with E-state index in [-0.39, 0.29) is 11.9 Å². The van der Waals surface area contributed by atoms with E-state index in [1.165, 1.54) is 12.8 Å². The molecule has 110 valence electrons. The van der Waals surface area contributed by atoms with E-state index in [0.717, 1.165) is 51.4 Å². The summed E-state index contributed by atoms with van der Waals surface area (Å²) in [4.78, 5) is 16.8. The van der Waals surface area contributed by atoms with Crippen LogP contribution >= 0.6 is 0 Å². The van der Waals surface area contributed by atoms with Crippen LogP contribution in [0.2, 0.25) is 0 Å². The van der Waals surface area contributed by atoms with Gasteiger partial charge >= 0.3 is 0 Å². The first-order chi connectivity index (χ1) is 9.17. The molecular weight excluding hydrogens is 238 g/mol. The van der Waals surface area contributed by atoms with Crippen molar-refractivity contribution in [1.29, 1.82) is 0 Å². The molecule has 0 aromatic carbocycles. The van der Waals surface area contributed by atoms with Crippen LogP contribution in [0.1, 0.15) is 52.4 Å². The number of likely N-dealkylation sites (tertiary alicyclic amines) is 2. The molecule has 2 rings (SSSR count). The smallest absolute Gasteiger partial charge is 0.239 e. The lowest BCUT2D eigenvalue weighted by Gasteiger charge is -2.43. The summed E-state index contributed by atoms with van der Waals surface area (Å²) in [5.41, 5.74) is 5.89. The first kappa shape index (κ1) is 14.8. The summed E-state index contributed by atoms with van der Waals surface area (Å²) in [6, 6.07) is 0.913. The molecule has 0 aromatic rings. The molecule has 2 fully saturated rings. The highest BCUT2D eigenvalue weighted by Crippen LogP contribution is 2.23. The van der Waals surface area contributed by atoms with Gasteiger partial charge in [-0.3, -0.25) is 4.79 Å². The van der Waals surface area contributed by atoms with Gasteiger partial charge in [0, 0.05) is 31.7 Å². The zero-order valence-electron chi connectivity index (χ0n) is 12.5. The maximum Gasteiger partial charge on any atom is 0.239 e. The van der Waals surface area contributed by atoms with Gasteiger partial charge in [0.05, 0.1) is 6.04 Å². The van der Waals surface area contributed by atoms with E-state index in [9.17, 15) is 4.79 Å². The molecular formula is C15H29N3O. The number of hydrogen-bond donors (Lipinski definition) is 1. The summed E-state index contributed by atoms with van der Waals surface area (Å²) >= 11 is 0. The number of nitrogens with zero attached hydrogens (tertiary/aromatic N) is 2. The van der Waals surface area contributed by atoms with Gasteiger partial charge < -0.3 is 15.5 Å². The first-order valence-electron chi connectivity index (χ1n) is 7.97. The lowest BCUT2D eigenvalue weighted by molar-refractivity contribution is -0.138. The average molecular weight is 267 g/mol. The van der Waals surface area contributed by atoms with Crippen LogP contribution in [0.5, 0.6) is 0 Å². The van der Waals surface area contributed by atoms with Gasteiger partial charge in [0.2, 0.25) is 5.91 Å². The fourth-order valence-corrected chi connectivity index (χ4v) is 3.66. The van der Waals surface area contributed by atoms with Crippen molar-refractivity contribution >= 4 is 5.91 Å². The van der Waals surface area contributed by atoms with Crippen LogP contribution in [0.25, 0.3) is 0 Å². The Bertz CT molecular complexity index is 296. The zero-order valence-corrected chi connectivity index (χ0v) is 12.5. The van der Waals surface area contributed by atoms with Crippen LogP contribution < -0.4 is 5.73 Å². The molecule has 1 atom stereocenters. The van der Waals surface area contributed by atoms with Crippen LogP contribution in [-0.2, 0) is 4.79 Å². The maximum absolute atomic E-state index is 12.1. The topological polar surface area (TPSA) is 49.6 Å². The van der Waals surface area contributed by atoms with E-state index in [1.807, 2.05) is 0 Å². The van der Waals surface area contributed by atoms with Gasteiger partial charge in [0.1, 0.15) is 0 Å². The summed E-state index contributed by atoms with van der Waals surface area (Å²) in [7, 11) is 0. The van der Waals surface area contributed by atoms with E-state index in [0.29, 0.717) is 6.04 Å². The highest BCUT2D eigenvalue weighted by atomic mass is 16.2. The predicted octanol–water partition coefficient (Wildman–Crippen LogP) is 1.59. The highest BCUT2D eigenvalue weighted by molar-refractivity contribution is 5.82. The molecule has 1 unspecified atom stereocenters. The molecule has 2 aliphatic heterocycles. The summed E-state index contributed by atoms with van der Waals surface area (Å²) in [5.74, 6) is 0.187. The Morgan fingerprint density at radius 3 is 2.37 bits per heavy atom. The van der Waals surface area contributed by atoms with Crippen molar-refractivity contribution in [2.75, 3.05) is 19.6 Å². The second kappa shape index (κ2) is 6.71. The standard InChI is InChI=1S/C15H29N3O/c1-3-12(4-2)17-10-7-13(8-11-17)18-9-5-6-14(16)15(18)19/h12-14H,3-11,16H2,1-2H3. The number of piperidine rings is 2.